The number of piperidine rings is 1. The van der Waals surface area contributed by atoms with Gasteiger partial charge in [0, 0.05) is 5.54 Å². The van der Waals surface area contributed by atoms with E-state index in [1.807, 2.05) is 25.1 Å². The molecule has 0 radical (unpaired) electrons. The first-order valence-electron chi connectivity index (χ1n) is 6.72. The Morgan fingerprint density at radius 3 is 2.68 bits per heavy atom. The molecule has 0 spiro atoms. The van der Waals surface area contributed by atoms with Gasteiger partial charge >= 0.3 is 0 Å². The molecule has 1 heterocycles. The summed E-state index contributed by atoms with van der Waals surface area (Å²) in [4.78, 5) is 12.4. The van der Waals surface area contributed by atoms with Crippen LogP contribution in [0.3, 0.4) is 0 Å². The highest BCUT2D eigenvalue weighted by molar-refractivity contribution is 5.97. The number of benzene rings is 1. The first-order valence-corrected chi connectivity index (χ1v) is 6.72. The van der Waals surface area contributed by atoms with Gasteiger partial charge in [-0.3, -0.25) is 4.79 Å². The Labute approximate surface area is 114 Å². The summed E-state index contributed by atoms with van der Waals surface area (Å²) < 4.78 is 5.27. The SMILES string of the molecule is COc1ccc(C)cc1C(=O)NC1(C)CCNCC1. The number of ether oxygens (including phenoxy) is 1. The summed E-state index contributed by atoms with van der Waals surface area (Å²) in [6, 6.07) is 5.66. The van der Waals surface area contributed by atoms with Crippen molar-refractivity contribution in [3.05, 3.63) is 29.3 Å². The summed E-state index contributed by atoms with van der Waals surface area (Å²) in [5, 5.41) is 6.46. The van der Waals surface area contributed by atoms with Crippen LogP contribution in [0.2, 0.25) is 0 Å². The molecule has 104 valence electrons. The van der Waals surface area contributed by atoms with Crippen molar-refractivity contribution in [1.29, 1.82) is 0 Å². The van der Waals surface area contributed by atoms with Crippen molar-refractivity contribution in [2.24, 2.45) is 0 Å². The third kappa shape index (κ3) is 3.26. The highest BCUT2D eigenvalue weighted by Crippen LogP contribution is 2.23. The molecule has 1 fully saturated rings. The van der Waals surface area contributed by atoms with E-state index in [1.165, 1.54) is 0 Å². The standard InChI is InChI=1S/C15H22N2O2/c1-11-4-5-13(19-3)12(10-11)14(18)17-15(2)6-8-16-9-7-15/h4-5,10,16H,6-9H2,1-3H3,(H,17,18). The van der Waals surface area contributed by atoms with Crippen molar-refractivity contribution < 1.29 is 9.53 Å². The average molecular weight is 262 g/mol. The van der Waals surface area contributed by atoms with Crippen molar-refractivity contribution >= 4 is 5.91 Å². The van der Waals surface area contributed by atoms with Crippen LogP contribution in [0.4, 0.5) is 0 Å². The molecule has 0 bridgehead atoms. The quantitative estimate of drug-likeness (QED) is 0.874. The van der Waals surface area contributed by atoms with Crippen LogP contribution in [0.25, 0.3) is 0 Å². The van der Waals surface area contributed by atoms with Gasteiger partial charge in [-0.1, -0.05) is 11.6 Å². The zero-order valence-electron chi connectivity index (χ0n) is 11.9. The molecule has 4 heteroatoms. The summed E-state index contributed by atoms with van der Waals surface area (Å²) in [7, 11) is 1.59. The van der Waals surface area contributed by atoms with E-state index < -0.39 is 0 Å². The number of hydrogen-bond donors (Lipinski definition) is 2. The normalized spacial score (nSPS) is 17.8. The first-order chi connectivity index (χ1) is 9.04. The molecule has 0 aromatic heterocycles. The zero-order valence-corrected chi connectivity index (χ0v) is 11.9. The van der Waals surface area contributed by atoms with Gasteiger partial charge in [0.05, 0.1) is 12.7 Å². The summed E-state index contributed by atoms with van der Waals surface area (Å²) >= 11 is 0. The molecule has 1 aliphatic rings. The van der Waals surface area contributed by atoms with Gasteiger partial charge in [0.25, 0.3) is 5.91 Å². The molecule has 1 aliphatic heterocycles. The van der Waals surface area contributed by atoms with E-state index in [0.717, 1.165) is 31.5 Å². The van der Waals surface area contributed by atoms with Gasteiger partial charge in [-0.05, 0) is 51.9 Å². The molecule has 1 saturated heterocycles. The van der Waals surface area contributed by atoms with Crippen molar-refractivity contribution in [2.45, 2.75) is 32.2 Å². The summed E-state index contributed by atoms with van der Waals surface area (Å²) in [5.74, 6) is 0.575. The lowest BCUT2D eigenvalue weighted by atomic mass is 9.90. The van der Waals surface area contributed by atoms with Gasteiger partial charge in [0.15, 0.2) is 0 Å². The van der Waals surface area contributed by atoms with Crippen molar-refractivity contribution in [3.63, 3.8) is 0 Å². The molecular weight excluding hydrogens is 240 g/mol. The van der Waals surface area contributed by atoms with Gasteiger partial charge in [0.2, 0.25) is 0 Å². The van der Waals surface area contributed by atoms with Gasteiger partial charge in [0.1, 0.15) is 5.75 Å². The Morgan fingerprint density at radius 2 is 2.05 bits per heavy atom. The maximum atomic E-state index is 12.4. The fourth-order valence-corrected chi connectivity index (χ4v) is 2.44. The van der Waals surface area contributed by atoms with E-state index in [1.54, 1.807) is 7.11 Å². The predicted octanol–water partition coefficient (Wildman–Crippen LogP) is 1.88. The second-order valence-electron chi connectivity index (χ2n) is 5.47. The number of methoxy groups -OCH3 is 1. The van der Waals surface area contributed by atoms with Crippen LogP contribution in [0, 0.1) is 6.92 Å². The van der Waals surface area contributed by atoms with Gasteiger partial charge in [-0.25, -0.2) is 0 Å². The molecule has 0 saturated carbocycles. The Bertz CT molecular complexity index is 465. The molecule has 4 nitrogen and oxygen atoms in total. The number of aryl methyl sites for hydroxylation is 1. The summed E-state index contributed by atoms with van der Waals surface area (Å²) in [6.07, 6.45) is 1.90. The Morgan fingerprint density at radius 1 is 1.37 bits per heavy atom. The van der Waals surface area contributed by atoms with E-state index in [2.05, 4.69) is 17.6 Å². The third-order valence-electron chi connectivity index (χ3n) is 3.72. The molecular formula is C15H22N2O2. The van der Waals surface area contributed by atoms with E-state index in [-0.39, 0.29) is 11.4 Å². The molecule has 2 N–H and O–H groups in total. The highest BCUT2D eigenvalue weighted by Gasteiger charge is 2.29. The first kappa shape index (κ1) is 13.9. The lowest BCUT2D eigenvalue weighted by molar-refractivity contribution is 0.0884. The Kier molecular flexibility index (Phi) is 4.10. The van der Waals surface area contributed by atoms with Crippen molar-refractivity contribution in [2.75, 3.05) is 20.2 Å². The topological polar surface area (TPSA) is 50.4 Å². The maximum Gasteiger partial charge on any atom is 0.255 e. The molecule has 1 aromatic rings. The second kappa shape index (κ2) is 5.61. The van der Waals surface area contributed by atoms with Gasteiger partial charge < -0.3 is 15.4 Å². The number of nitrogens with one attached hydrogen (secondary N) is 2. The van der Waals surface area contributed by atoms with Crippen molar-refractivity contribution in [1.82, 2.24) is 10.6 Å². The molecule has 0 unspecified atom stereocenters. The number of carbonyl (C=O) groups excluding carboxylic acids is 1. The van der Waals surface area contributed by atoms with Crippen LogP contribution >= 0.6 is 0 Å². The van der Waals surface area contributed by atoms with Crippen LogP contribution in [0.5, 0.6) is 5.75 Å². The third-order valence-corrected chi connectivity index (χ3v) is 3.72. The molecule has 1 aromatic carbocycles. The van der Waals surface area contributed by atoms with Gasteiger partial charge in [-0.15, -0.1) is 0 Å². The molecule has 19 heavy (non-hydrogen) atoms. The van der Waals surface area contributed by atoms with Crippen molar-refractivity contribution in [3.8, 4) is 5.75 Å². The minimum absolute atomic E-state index is 0.0510. The van der Waals surface area contributed by atoms with Crippen LogP contribution in [0.1, 0.15) is 35.7 Å². The minimum Gasteiger partial charge on any atom is -0.496 e. The Balaban J connectivity index is 2.17. The number of rotatable bonds is 3. The predicted molar refractivity (Wildman–Crippen MR) is 75.7 cm³/mol. The number of amides is 1. The zero-order chi connectivity index (χ0) is 13.9. The molecule has 0 aliphatic carbocycles. The molecule has 0 atom stereocenters. The van der Waals surface area contributed by atoms with Crippen LogP contribution in [-0.4, -0.2) is 31.6 Å². The fourth-order valence-electron chi connectivity index (χ4n) is 2.44. The molecule has 1 amide bonds. The minimum atomic E-state index is -0.128. The lowest BCUT2D eigenvalue weighted by Gasteiger charge is -2.35. The monoisotopic (exact) mass is 262 g/mol. The van der Waals surface area contributed by atoms with E-state index >= 15 is 0 Å². The smallest absolute Gasteiger partial charge is 0.255 e. The van der Waals surface area contributed by atoms with Crippen LogP contribution in [0.15, 0.2) is 18.2 Å². The Hall–Kier alpha value is -1.55. The van der Waals surface area contributed by atoms with Gasteiger partial charge in [-0.2, -0.15) is 0 Å². The second-order valence-corrected chi connectivity index (χ2v) is 5.47. The summed E-state index contributed by atoms with van der Waals surface area (Å²) in [5.41, 5.74) is 1.54. The number of hydrogen-bond acceptors (Lipinski definition) is 3. The average Bonchev–Trinajstić information content (AvgIpc) is 2.39. The van der Waals surface area contributed by atoms with E-state index in [9.17, 15) is 4.79 Å². The summed E-state index contributed by atoms with van der Waals surface area (Å²) in [6.45, 7) is 5.97. The largest absolute Gasteiger partial charge is 0.496 e. The van der Waals surface area contributed by atoms with Crippen LogP contribution in [-0.2, 0) is 0 Å². The fraction of sp³-hybridized carbons (Fsp3) is 0.533. The van der Waals surface area contributed by atoms with Crippen LogP contribution < -0.4 is 15.4 Å². The highest BCUT2D eigenvalue weighted by atomic mass is 16.5. The number of carbonyl (C=O) groups is 1. The van der Waals surface area contributed by atoms with E-state index in [0.29, 0.717) is 11.3 Å². The molecule has 2 rings (SSSR count). The van der Waals surface area contributed by atoms with E-state index in [4.69, 9.17) is 4.74 Å². The maximum absolute atomic E-state index is 12.4. The lowest BCUT2D eigenvalue weighted by Crippen LogP contribution is -2.52.